The highest BCUT2D eigenvalue weighted by Crippen LogP contribution is 2.21. The van der Waals surface area contributed by atoms with E-state index >= 15 is 0 Å². The van der Waals surface area contributed by atoms with Crippen molar-refractivity contribution >= 4 is 5.91 Å². The number of hydrogen-bond acceptors (Lipinski definition) is 5. The van der Waals surface area contributed by atoms with Gasteiger partial charge in [0.15, 0.2) is 5.82 Å². The minimum absolute atomic E-state index is 0.146. The number of carbonyl (C=O) groups is 1. The van der Waals surface area contributed by atoms with E-state index in [1.165, 1.54) is 4.90 Å². The number of nitrogens with zero attached hydrogens (tertiary/aromatic N) is 3. The first-order valence-corrected chi connectivity index (χ1v) is 7.13. The van der Waals surface area contributed by atoms with E-state index in [1.54, 1.807) is 19.1 Å². The summed E-state index contributed by atoms with van der Waals surface area (Å²) >= 11 is 0. The van der Waals surface area contributed by atoms with E-state index < -0.39 is 0 Å². The molecule has 0 aromatic carbocycles. The molecule has 7 nitrogen and oxygen atoms in total. The van der Waals surface area contributed by atoms with Crippen LogP contribution >= 0.6 is 0 Å². The minimum atomic E-state index is -0.220. The van der Waals surface area contributed by atoms with Gasteiger partial charge >= 0.3 is 0 Å². The van der Waals surface area contributed by atoms with Crippen LogP contribution in [0.3, 0.4) is 0 Å². The quantitative estimate of drug-likeness (QED) is 0.824. The van der Waals surface area contributed by atoms with Crippen LogP contribution in [0.25, 0.3) is 5.82 Å². The molecule has 0 aliphatic carbocycles. The van der Waals surface area contributed by atoms with Gasteiger partial charge < -0.3 is 19.6 Å². The first kappa shape index (κ1) is 16.3. The van der Waals surface area contributed by atoms with Crippen molar-refractivity contribution in [3.8, 4) is 5.82 Å². The molecule has 7 heteroatoms. The molecule has 1 amide bonds. The topological polar surface area (TPSA) is 91.7 Å². The predicted molar refractivity (Wildman–Crippen MR) is 80.1 cm³/mol. The average Bonchev–Trinajstić information content (AvgIpc) is 3.01. The standard InChI is InChI=1S/C15H21N3O4/c1-10-8-13(15(21)17(4-6-19)5-7-20)12(3)18(10)14-9-11(2)22-16-14/h8-9,19-20H,4-7H2,1-3H3. The summed E-state index contributed by atoms with van der Waals surface area (Å²) in [5.41, 5.74) is 2.14. The highest BCUT2D eigenvalue weighted by atomic mass is 16.5. The number of aliphatic hydroxyl groups is 2. The molecule has 0 saturated heterocycles. The minimum Gasteiger partial charge on any atom is -0.395 e. The molecule has 0 unspecified atom stereocenters. The molecule has 22 heavy (non-hydrogen) atoms. The van der Waals surface area contributed by atoms with Gasteiger partial charge in [-0.25, -0.2) is 0 Å². The van der Waals surface area contributed by atoms with Crippen molar-refractivity contribution in [2.75, 3.05) is 26.3 Å². The molecule has 120 valence electrons. The van der Waals surface area contributed by atoms with Crippen LogP contribution in [0.2, 0.25) is 0 Å². The molecular formula is C15H21N3O4. The third kappa shape index (κ3) is 3.05. The Morgan fingerprint density at radius 2 is 1.86 bits per heavy atom. The summed E-state index contributed by atoms with van der Waals surface area (Å²) in [6, 6.07) is 3.58. The van der Waals surface area contributed by atoms with E-state index in [-0.39, 0.29) is 32.2 Å². The van der Waals surface area contributed by atoms with Gasteiger partial charge in [0.2, 0.25) is 0 Å². The number of aromatic nitrogens is 2. The molecule has 2 N–H and O–H groups in total. The summed E-state index contributed by atoms with van der Waals surface area (Å²) < 4.78 is 6.94. The maximum absolute atomic E-state index is 12.6. The third-order valence-electron chi connectivity index (χ3n) is 3.53. The summed E-state index contributed by atoms with van der Waals surface area (Å²) in [6.07, 6.45) is 0. The zero-order valence-electron chi connectivity index (χ0n) is 13.0. The van der Waals surface area contributed by atoms with Crippen LogP contribution in [0.1, 0.15) is 27.5 Å². The fourth-order valence-corrected chi connectivity index (χ4v) is 2.52. The monoisotopic (exact) mass is 307 g/mol. The number of aryl methyl sites for hydroxylation is 2. The lowest BCUT2D eigenvalue weighted by Crippen LogP contribution is -2.36. The van der Waals surface area contributed by atoms with E-state index in [9.17, 15) is 4.79 Å². The summed E-state index contributed by atoms with van der Waals surface area (Å²) in [6.45, 7) is 5.61. The van der Waals surface area contributed by atoms with Crippen molar-refractivity contribution in [3.05, 3.63) is 34.8 Å². The first-order valence-electron chi connectivity index (χ1n) is 7.13. The van der Waals surface area contributed by atoms with Crippen LogP contribution in [0.5, 0.6) is 0 Å². The Hall–Kier alpha value is -2.12. The average molecular weight is 307 g/mol. The number of hydrogen-bond donors (Lipinski definition) is 2. The molecule has 0 saturated carbocycles. The normalized spacial score (nSPS) is 11.0. The maximum Gasteiger partial charge on any atom is 0.255 e. The van der Waals surface area contributed by atoms with Gasteiger partial charge in [-0.1, -0.05) is 5.16 Å². The molecule has 0 fully saturated rings. The van der Waals surface area contributed by atoms with Gasteiger partial charge in [-0.05, 0) is 26.8 Å². The van der Waals surface area contributed by atoms with E-state index in [1.807, 2.05) is 18.4 Å². The van der Waals surface area contributed by atoms with Crippen LogP contribution in [-0.4, -0.2) is 57.0 Å². The van der Waals surface area contributed by atoms with Crippen LogP contribution in [0.4, 0.5) is 0 Å². The van der Waals surface area contributed by atoms with Crippen molar-refractivity contribution in [1.29, 1.82) is 0 Å². The first-order chi connectivity index (χ1) is 10.5. The molecule has 2 aromatic heterocycles. The maximum atomic E-state index is 12.6. The summed E-state index contributed by atoms with van der Waals surface area (Å²) in [7, 11) is 0. The largest absolute Gasteiger partial charge is 0.395 e. The van der Waals surface area contributed by atoms with E-state index in [0.717, 1.165) is 11.4 Å². The number of rotatable bonds is 6. The number of carbonyl (C=O) groups excluding carboxylic acids is 1. The molecule has 2 rings (SSSR count). The second-order valence-corrected chi connectivity index (χ2v) is 5.16. The van der Waals surface area contributed by atoms with Gasteiger partial charge in [-0.2, -0.15) is 0 Å². The second-order valence-electron chi connectivity index (χ2n) is 5.16. The number of amides is 1. The molecule has 0 aliphatic heterocycles. The Morgan fingerprint density at radius 1 is 1.23 bits per heavy atom. The highest BCUT2D eigenvalue weighted by Gasteiger charge is 2.22. The molecule has 0 spiro atoms. The van der Waals surface area contributed by atoms with Crippen LogP contribution in [-0.2, 0) is 0 Å². The smallest absolute Gasteiger partial charge is 0.255 e. The van der Waals surface area contributed by atoms with Gasteiger partial charge in [0, 0.05) is 30.5 Å². The molecule has 0 radical (unpaired) electrons. The highest BCUT2D eigenvalue weighted by molar-refractivity contribution is 5.96. The summed E-state index contributed by atoms with van der Waals surface area (Å²) in [4.78, 5) is 14.0. The molecule has 2 heterocycles. The SMILES string of the molecule is Cc1cc(-n2c(C)cc(C(=O)N(CCO)CCO)c2C)no1. The lowest BCUT2D eigenvalue weighted by atomic mass is 10.2. The molecule has 0 bridgehead atoms. The Labute approximate surface area is 128 Å². The van der Waals surface area contributed by atoms with E-state index in [0.29, 0.717) is 17.1 Å². The lowest BCUT2D eigenvalue weighted by Gasteiger charge is -2.20. The Balaban J connectivity index is 2.38. The molecule has 2 aromatic rings. The third-order valence-corrected chi connectivity index (χ3v) is 3.53. The van der Waals surface area contributed by atoms with E-state index in [2.05, 4.69) is 5.16 Å². The van der Waals surface area contributed by atoms with Gasteiger partial charge in [0.25, 0.3) is 5.91 Å². The Bertz CT molecular complexity index is 654. The van der Waals surface area contributed by atoms with Crippen molar-refractivity contribution in [2.24, 2.45) is 0 Å². The van der Waals surface area contributed by atoms with Gasteiger partial charge in [-0.15, -0.1) is 0 Å². The van der Waals surface area contributed by atoms with E-state index in [4.69, 9.17) is 14.7 Å². The Kier molecular flexibility index (Phi) is 4.99. The molecular weight excluding hydrogens is 286 g/mol. The fraction of sp³-hybridized carbons (Fsp3) is 0.467. The summed E-state index contributed by atoms with van der Waals surface area (Å²) in [5, 5.41) is 22.1. The van der Waals surface area contributed by atoms with Crippen LogP contribution in [0.15, 0.2) is 16.7 Å². The number of aliphatic hydroxyl groups excluding tert-OH is 2. The zero-order chi connectivity index (χ0) is 16.3. The van der Waals surface area contributed by atoms with Crippen molar-refractivity contribution in [1.82, 2.24) is 14.6 Å². The fourth-order valence-electron chi connectivity index (χ4n) is 2.52. The summed E-state index contributed by atoms with van der Waals surface area (Å²) in [5.74, 6) is 1.10. The predicted octanol–water partition coefficient (Wildman–Crippen LogP) is 0.817. The van der Waals surface area contributed by atoms with Crippen molar-refractivity contribution in [2.45, 2.75) is 20.8 Å². The van der Waals surface area contributed by atoms with Gasteiger partial charge in [0.1, 0.15) is 5.76 Å². The van der Waals surface area contributed by atoms with Gasteiger partial charge in [-0.3, -0.25) is 9.36 Å². The lowest BCUT2D eigenvalue weighted by molar-refractivity contribution is 0.0684. The van der Waals surface area contributed by atoms with Gasteiger partial charge in [0.05, 0.1) is 18.8 Å². The van der Waals surface area contributed by atoms with Crippen LogP contribution < -0.4 is 0 Å². The van der Waals surface area contributed by atoms with Crippen LogP contribution in [0, 0.1) is 20.8 Å². The second kappa shape index (κ2) is 6.76. The zero-order valence-corrected chi connectivity index (χ0v) is 13.0. The Morgan fingerprint density at radius 3 is 2.36 bits per heavy atom. The van der Waals surface area contributed by atoms with Crippen molar-refractivity contribution in [3.63, 3.8) is 0 Å². The molecule has 0 atom stereocenters. The van der Waals surface area contributed by atoms with Crippen molar-refractivity contribution < 1.29 is 19.5 Å². The molecule has 0 aliphatic rings.